The first-order valence-electron chi connectivity index (χ1n) is 7.18. The molecule has 2 unspecified atom stereocenters. The standard InChI is InChI=1S/C13H26N2O3S/c1-4-7-11(3)14-13(16)12-8-6-9-15(10-12)19(17,18)5-2/h11-12H,4-10H2,1-3H3,(H,14,16). The van der Waals surface area contributed by atoms with Crippen molar-refractivity contribution in [2.75, 3.05) is 18.8 Å². The van der Waals surface area contributed by atoms with E-state index >= 15 is 0 Å². The molecule has 1 saturated heterocycles. The molecule has 1 aliphatic rings. The number of hydrogen-bond acceptors (Lipinski definition) is 3. The summed E-state index contributed by atoms with van der Waals surface area (Å²) in [5.41, 5.74) is 0. The lowest BCUT2D eigenvalue weighted by Gasteiger charge is -2.31. The van der Waals surface area contributed by atoms with Crippen LogP contribution in [0.15, 0.2) is 0 Å². The summed E-state index contributed by atoms with van der Waals surface area (Å²) >= 11 is 0. The van der Waals surface area contributed by atoms with Crippen LogP contribution in [0.25, 0.3) is 0 Å². The Labute approximate surface area is 116 Å². The van der Waals surface area contributed by atoms with Crippen molar-refractivity contribution < 1.29 is 13.2 Å². The number of amides is 1. The van der Waals surface area contributed by atoms with Gasteiger partial charge in [-0.05, 0) is 33.1 Å². The molecule has 0 radical (unpaired) electrons. The number of piperidine rings is 1. The Balaban J connectivity index is 2.57. The van der Waals surface area contributed by atoms with Gasteiger partial charge in [0.05, 0.1) is 11.7 Å². The normalized spacial score (nSPS) is 23.0. The lowest BCUT2D eigenvalue weighted by atomic mass is 9.98. The van der Waals surface area contributed by atoms with Crippen LogP contribution < -0.4 is 5.32 Å². The third-order valence-electron chi connectivity index (χ3n) is 3.62. The molecule has 0 saturated carbocycles. The maximum atomic E-state index is 12.1. The van der Waals surface area contributed by atoms with Crippen molar-refractivity contribution in [3.05, 3.63) is 0 Å². The summed E-state index contributed by atoms with van der Waals surface area (Å²) in [6, 6.07) is 0.163. The largest absolute Gasteiger partial charge is 0.353 e. The zero-order valence-electron chi connectivity index (χ0n) is 12.2. The van der Waals surface area contributed by atoms with Gasteiger partial charge in [0.1, 0.15) is 0 Å². The summed E-state index contributed by atoms with van der Waals surface area (Å²) in [5, 5.41) is 2.98. The van der Waals surface area contributed by atoms with Crippen LogP contribution in [0, 0.1) is 5.92 Å². The fraction of sp³-hybridized carbons (Fsp3) is 0.923. The average Bonchev–Trinajstić information content (AvgIpc) is 2.39. The molecule has 1 heterocycles. The second-order valence-electron chi connectivity index (χ2n) is 5.30. The smallest absolute Gasteiger partial charge is 0.224 e. The minimum atomic E-state index is -3.17. The van der Waals surface area contributed by atoms with Crippen molar-refractivity contribution in [2.45, 2.75) is 52.5 Å². The third-order valence-corrected chi connectivity index (χ3v) is 5.47. The van der Waals surface area contributed by atoms with Crippen LogP contribution in [0.5, 0.6) is 0 Å². The molecule has 0 spiro atoms. The van der Waals surface area contributed by atoms with Crippen molar-refractivity contribution in [1.29, 1.82) is 0 Å². The molecule has 112 valence electrons. The van der Waals surface area contributed by atoms with Gasteiger partial charge in [-0.15, -0.1) is 0 Å². The van der Waals surface area contributed by atoms with Crippen LogP contribution >= 0.6 is 0 Å². The van der Waals surface area contributed by atoms with Crippen molar-refractivity contribution >= 4 is 15.9 Å². The summed E-state index contributed by atoms with van der Waals surface area (Å²) in [4.78, 5) is 12.1. The topological polar surface area (TPSA) is 66.5 Å². The second kappa shape index (κ2) is 7.24. The SMILES string of the molecule is CCCC(C)NC(=O)C1CCCN(S(=O)(=O)CC)C1. The van der Waals surface area contributed by atoms with Crippen LogP contribution in [0.4, 0.5) is 0 Å². The molecular weight excluding hydrogens is 264 g/mol. The van der Waals surface area contributed by atoms with Gasteiger partial charge in [-0.25, -0.2) is 12.7 Å². The van der Waals surface area contributed by atoms with E-state index in [-0.39, 0.29) is 23.6 Å². The highest BCUT2D eigenvalue weighted by atomic mass is 32.2. The first kappa shape index (κ1) is 16.4. The molecule has 1 amide bonds. The predicted octanol–water partition coefficient (Wildman–Crippen LogP) is 1.35. The molecule has 0 aliphatic carbocycles. The summed E-state index contributed by atoms with van der Waals surface area (Å²) in [5.74, 6) is -0.0977. The minimum absolute atomic E-state index is 0.00282. The summed E-state index contributed by atoms with van der Waals surface area (Å²) in [6.07, 6.45) is 3.53. The molecule has 1 aliphatic heterocycles. The third kappa shape index (κ3) is 4.76. The lowest BCUT2D eigenvalue weighted by molar-refractivity contribution is -0.126. The highest BCUT2D eigenvalue weighted by molar-refractivity contribution is 7.89. The Morgan fingerprint density at radius 3 is 2.68 bits per heavy atom. The van der Waals surface area contributed by atoms with Gasteiger partial charge in [0.25, 0.3) is 0 Å². The van der Waals surface area contributed by atoms with E-state index in [1.54, 1.807) is 6.92 Å². The first-order valence-corrected chi connectivity index (χ1v) is 8.79. The molecule has 0 aromatic rings. The molecule has 1 fully saturated rings. The molecule has 19 heavy (non-hydrogen) atoms. The Hall–Kier alpha value is -0.620. The van der Waals surface area contributed by atoms with E-state index in [9.17, 15) is 13.2 Å². The Bertz CT molecular complexity index is 395. The molecule has 5 nitrogen and oxygen atoms in total. The second-order valence-corrected chi connectivity index (χ2v) is 7.55. The fourth-order valence-electron chi connectivity index (χ4n) is 2.46. The Kier molecular flexibility index (Phi) is 6.26. The van der Waals surface area contributed by atoms with Gasteiger partial charge in [0, 0.05) is 19.1 Å². The maximum absolute atomic E-state index is 12.1. The van der Waals surface area contributed by atoms with Gasteiger partial charge in [-0.1, -0.05) is 13.3 Å². The van der Waals surface area contributed by atoms with Gasteiger partial charge in [-0.2, -0.15) is 0 Å². The van der Waals surface area contributed by atoms with Gasteiger partial charge >= 0.3 is 0 Å². The highest BCUT2D eigenvalue weighted by Crippen LogP contribution is 2.20. The molecule has 0 bridgehead atoms. The van der Waals surface area contributed by atoms with Crippen LogP contribution in [0.1, 0.15) is 46.5 Å². The predicted molar refractivity (Wildman–Crippen MR) is 76.3 cm³/mol. The number of nitrogens with one attached hydrogen (secondary N) is 1. The zero-order valence-corrected chi connectivity index (χ0v) is 13.0. The lowest BCUT2D eigenvalue weighted by Crippen LogP contribution is -2.47. The molecular formula is C13H26N2O3S. The van der Waals surface area contributed by atoms with Crippen LogP contribution in [-0.2, 0) is 14.8 Å². The summed E-state index contributed by atoms with van der Waals surface area (Å²) in [6.45, 7) is 6.59. The van der Waals surface area contributed by atoms with Gasteiger partial charge in [0.15, 0.2) is 0 Å². The van der Waals surface area contributed by atoms with Gasteiger partial charge < -0.3 is 5.32 Å². The molecule has 1 rings (SSSR count). The summed E-state index contributed by atoms with van der Waals surface area (Å²) < 4.78 is 25.1. The van der Waals surface area contributed by atoms with E-state index in [2.05, 4.69) is 12.2 Å². The maximum Gasteiger partial charge on any atom is 0.224 e. The Morgan fingerprint density at radius 1 is 1.42 bits per heavy atom. The van der Waals surface area contributed by atoms with E-state index in [1.165, 1.54) is 4.31 Å². The number of carbonyl (C=O) groups is 1. The van der Waals surface area contributed by atoms with Crippen LogP contribution in [0.3, 0.4) is 0 Å². The van der Waals surface area contributed by atoms with Crippen molar-refractivity contribution in [2.24, 2.45) is 5.92 Å². The number of carbonyl (C=O) groups excluding carboxylic acids is 1. The van der Waals surface area contributed by atoms with E-state index in [1.807, 2.05) is 6.92 Å². The Morgan fingerprint density at radius 2 is 2.11 bits per heavy atom. The summed E-state index contributed by atoms with van der Waals surface area (Å²) in [7, 11) is -3.17. The molecule has 1 N–H and O–H groups in total. The van der Waals surface area contributed by atoms with Gasteiger partial charge in [0.2, 0.25) is 15.9 Å². The number of sulfonamides is 1. The van der Waals surface area contributed by atoms with Crippen LogP contribution in [-0.4, -0.2) is 43.5 Å². The minimum Gasteiger partial charge on any atom is -0.353 e. The monoisotopic (exact) mass is 290 g/mol. The molecule has 2 atom stereocenters. The zero-order chi connectivity index (χ0) is 14.5. The van der Waals surface area contributed by atoms with E-state index < -0.39 is 10.0 Å². The van der Waals surface area contributed by atoms with E-state index in [0.717, 1.165) is 25.7 Å². The molecule has 0 aromatic carbocycles. The van der Waals surface area contributed by atoms with Crippen molar-refractivity contribution in [3.8, 4) is 0 Å². The van der Waals surface area contributed by atoms with Crippen molar-refractivity contribution in [1.82, 2.24) is 9.62 Å². The number of hydrogen-bond donors (Lipinski definition) is 1. The molecule has 6 heteroatoms. The first-order chi connectivity index (χ1) is 8.90. The highest BCUT2D eigenvalue weighted by Gasteiger charge is 2.31. The van der Waals surface area contributed by atoms with Crippen LogP contribution in [0.2, 0.25) is 0 Å². The molecule has 0 aromatic heterocycles. The average molecular weight is 290 g/mol. The van der Waals surface area contributed by atoms with Gasteiger partial charge in [-0.3, -0.25) is 4.79 Å². The number of nitrogens with zero attached hydrogens (tertiary/aromatic N) is 1. The fourth-order valence-corrected chi connectivity index (χ4v) is 3.64. The number of rotatable bonds is 6. The quantitative estimate of drug-likeness (QED) is 0.803. The van der Waals surface area contributed by atoms with E-state index in [4.69, 9.17) is 0 Å². The van der Waals surface area contributed by atoms with E-state index in [0.29, 0.717) is 13.1 Å². The van der Waals surface area contributed by atoms with Crippen molar-refractivity contribution in [3.63, 3.8) is 0 Å².